The molecule has 138 valence electrons. The van der Waals surface area contributed by atoms with Crippen molar-refractivity contribution in [2.24, 2.45) is 13.0 Å². The molecule has 3 aromatic rings. The summed E-state index contributed by atoms with van der Waals surface area (Å²) >= 11 is 1.60. The second-order valence-corrected chi connectivity index (χ2v) is 8.27. The Bertz CT molecular complexity index is 1000. The largest absolute Gasteiger partial charge is 0.331 e. The fourth-order valence-electron chi connectivity index (χ4n) is 3.43. The molecule has 0 bridgehead atoms. The molecule has 1 amide bonds. The second kappa shape index (κ2) is 7.12. The van der Waals surface area contributed by atoms with E-state index >= 15 is 0 Å². The molecule has 27 heavy (non-hydrogen) atoms. The van der Waals surface area contributed by atoms with E-state index in [-0.39, 0.29) is 11.7 Å². The molecule has 1 N–H and O–H groups in total. The van der Waals surface area contributed by atoms with Gasteiger partial charge in [0.25, 0.3) is 5.91 Å². The minimum Gasteiger partial charge on any atom is -0.331 e. The summed E-state index contributed by atoms with van der Waals surface area (Å²) < 4.78 is 1.69. The van der Waals surface area contributed by atoms with Gasteiger partial charge in [-0.25, -0.2) is 4.98 Å². The van der Waals surface area contributed by atoms with Crippen molar-refractivity contribution in [2.45, 2.75) is 26.2 Å². The number of hydrogen-bond acceptors (Lipinski definition) is 4. The van der Waals surface area contributed by atoms with Gasteiger partial charge in [-0.1, -0.05) is 6.92 Å². The maximum atomic E-state index is 12.6. The number of ketones is 1. The number of hydrogen-bond donors (Lipinski definition) is 1. The Morgan fingerprint density at radius 2 is 2.04 bits per heavy atom. The van der Waals surface area contributed by atoms with Gasteiger partial charge in [0.2, 0.25) is 5.78 Å². The van der Waals surface area contributed by atoms with Crippen LogP contribution in [-0.4, -0.2) is 21.2 Å². The molecule has 6 heteroatoms. The summed E-state index contributed by atoms with van der Waals surface area (Å²) in [6, 6.07) is 8.97. The van der Waals surface area contributed by atoms with Crippen LogP contribution in [0.3, 0.4) is 0 Å². The molecule has 1 aromatic carbocycles. The first-order valence-corrected chi connectivity index (χ1v) is 9.88. The number of amides is 1. The van der Waals surface area contributed by atoms with Crippen LogP contribution in [0.4, 0.5) is 5.69 Å². The number of rotatable bonds is 4. The topological polar surface area (TPSA) is 64.0 Å². The van der Waals surface area contributed by atoms with Gasteiger partial charge in [-0.05, 0) is 61.1 Å². The normalized spacial score (nSPS) is 16.0. The number of nitrogens with one attached hydrogen (secondary N) is 1. The van der Waals surface area contributed by atoms with Gasteiger partial charge in [0, 0.05) is 35.6 Å². The van der Waals surface area contributed by atoms with Crippen LogP contribution in [0.25, 0.3) is 0 Å². The van der Waals surface area contributed by atoms with E-state index in [9.17, 15) is 9.59 Å². The molecule has 1 unspecified atom stereocenters. The average molecular weight is 379 g/mol. The highest BCUT2D eigenvalue weighted by Gasteiger charge is 2.21. The SMILES string of the molecule is CC1CCc2sc(C(=O)Nc3ccc(C(=O)c4nccn4C)cc3)cc2C1. The van der Waals surface area contributed by atoms with Crippen LogP contribution in [0.1, 0.15) is 49.6 Å². The lowest BCUT2D eigenvalue weighted by molar-refractivity contribution is 0.102. The highest BCUT2D eigenvalue weighted by Crippen LogP contribution is 2.32. The van der Waals surface area contributed by atoms with Gasteiger partial charge >= 0.3 is 0 Å². The zero-order chi connectivity index (χ0) is 19.0. The zero-order valence-electron chi connectivity index (χ0n) is 15.4. The van der Waals surface area contributed by atoms with E-state index in [4.69, 9.17) is 0 Å². The van der Waals surface area contributed by atoms with Crippen LogP contribution in [0.15, 0.2) is 42.7 Å². The Labute approximate surface area is 162 Å². The van der Waals surface area contributed by atoms with Crippen molar-refractivity contribution >= 4 is 28.7 Å². The number of benzene rings is 1. The van der Waals surface area contributed by atoms with Gasteiger partial charge < -0.3 is 9.88 Å². The van der Waals surface area contributed by atoms with E-state index in [0.29, 0.717) is 23.0 Å². The number of anilines is 1. The summed E-state index contributed by atoms with van der Waals surface area (Å²) in [4.78, 5) is 31.2. The maximum absolute atomic E-state index is 12.6. The van der Waals surface area contributed by atoms with Crippen molar-refractivity contribution < 1.29 is 9.59 Å². The first kappa shape index (κ1) is 17.7. The minimum absolute atomic E-state index is 0.0924. The Morgan fingerprint density at radius 3 is 2.74 bits per heavy atom. The monoisotopic (exact) mass is 379 g/mol. The van der Waals surface area contributed by atoms with Crippen LogP contribution in [-0.2, 0) is 19.9 Å². The van der Waals surface area contributed by atoms with Gasteiger partial charge in [-0.3, -0.25) is 9.59 Å². The fourth-order valence-corrected chi connectivity index (χ4v) is 4.53. The van der Waals surface area contributed by atoms with Crippen LogP contribution in [0.5, 0.6) is 0 Å². The molecule has 1 atom stereocenters. The summed E-state index contributed by atoms with van der Waals surface area (Å²) in [5, 5.41) is 2.93. The predicted molar refractivity (Wildman–Crippen MR) is 107 cm³/mol. The summed E-state index contributed by atoms with van der Waals surface area (Å²) in [6.07, 6.45) is 6.66. The molecule has 0 saturated heterocycles. The van der Waals surface area contributed by atoms with Gasteiger partial charge in [0.05, 0.1) is 4.88 Å². The Hall–Kier alpha value is -2.73. The van der Waals surface area contributed by atoms with Crippen LogP contribution in [0.2, 0.25) is 0 Å². The smallest absolute Gasteiger partial charge is 0.265 e. The molecule has 1 aliphatic rings. The number of imidazole rings is 1. The molecule has 4 rings (SSSR count). The Morgan fingerprint density at radius 1 is 1.26 bits per heavy atom. The van der Waals surface area contributed by atoms with Crippen LogP contribution < -0.4 is 5.32 Å². The molecule has 2 heterocycles. The van der Waals surface area contributed by atoms with E-state index in [1.165, 1.54) is 16.9 Å². The van der Waals surface area contributed by atoms with Gasteiger partial charge in [0.15, 0.2) is 5.82 Å². The van der Waals surface area contributed by atoms with Gasteiger partial charge in [-0.15, -0.1) is 11.3 Å². The number of carbonyl (C=O) groups is 2. The van der Waals surface area contributed by atoms with Crippen molar-refractivity contribution in [2.75, 3.05) is 5.32 Å². The van der Waals surface area contributed by atoms with Gasteiger partial charge in [0.1, 0.15) is 0 Å². The third-order valence-corrected chi connectivity index (χ3v) is 6.22. The molecule has 0 fully saturated rings. The molecular formula is C21H21N3O2S. The summed E-state index contributed by atoms with van der Waals surface area (Å²) in [7, 11) is 1.79. The maximum Gasteiger partial charge on any atom is 0.265 e. The molecule has 0 saturated carbocycles. The third-order valence-electron chi connectivity index (χ3n) is 4.98. The molecule has 5 nitrogen and oxygen atoms in total. The fraction of sp³-hybridized carbons (Fsp3) is 0.286. The quantitative estimate of drug-likeness (QED) is 0.695. The highest BCUT2D eigenvalue weighted by atomic mass is 32.1. The van der Waals surface area contributed by atoms with E-state index in [0.717, 1.165) is 17.7 Å². The van der Waals surface area contributed by atoms with E-state index in [1.807, 2.05) is 6.07 Å². The van der Waals surface area contributed by atoms with Crippen molar-refractivity contribution in [3.05, 3.63) is 69.4 Å². The van der Waals surface area contributed by atoms with E-state index in [1.54, 1.807) is 59.6 Å². The number of nitrogens with zero attached hydrogens (tertiary/aromatic N) is 2. The molecule has 0 aliphatic heterocycles. The Kier molecular flexibility index (Phi) is 4.66. The molecular weight excluding hydrogens is 358 g/mol. The molecule has 2 aromatic heterocycles. The predicted octanol–water partition coefficient (Wildman–Crippen LogP) is 4.09. The molecule has 0 spiro atoms. The third kappa shape index (κ3) is 3.57. The minimum atomic E-state index is -0.138. The van der Waals surface area contributed by atoms with Crippen molar-refractivity contribution in [3.63, 3.8) is 0 Å². The molecule has 1 aliphatic carbocycles. The standard InChI is InChI=1S/C21H21N3O2S/c1-13-3-8-17-15(11-13)12-18(27-17)21(26)23-16-6-4-14(5-7-16)19(25)20-22-9-10-24(20)2/h4-7,9-10,12-13H,3,8,11H2,1-2H3,(H,23,26). The lowest BCUT2D eigenvalue weighted by Gasteiger charge is -2.16. The number of thiophene rings is 1. The van der Waals surface area contributed by atoms with Crippen molar-refractivity contribution in [1.82, 2.24) is 9.55 Å². The van der Waals surface area contributed by atoms with Crippen molar-refractivity contribution in [3.8, 4) is 0 Å². The van der Waals surface area contributed by atoms with Gasteiger partial charge in [-0.2, -0.15) is 0 Å². The number of aromatic nitrogens is 2. The van der Waals surface area contributed by atoms with E-state index in [2.05, 4.69) is 17.2 Å². The van der Waals surface area contributed by atoms with Crippen LogP contribution >= 0.6 is 11.3 Å². The average Bonchev–Trinajstić information content (AvgIpc) is 3.27. The van der Waals surface area contributed by atoms with E-state index < -0.39 is 0 Å². The lowest BCUT2D eigenvalue weighted by atomic mass is 9.90. The van der Waals surface area contributed by atoms with Crippen LogP contribution in [0, 0.1) is 5.92 Å². The summed E-state index contributed by atoms with van der Waals surface area (Å²) in [6.45, 7) is 2.26. The number of carbonyl (C=O) groups excluding carboxylic acids is 2. The Balaban J connectivity index is 1.46. The highest BCUT2D eigenvalue weighted by molar-refractivity contribution is 7.14. The first-order valence-electron chi connectivity index (χ1n) is 9.06. The summed E-state index contributed by atoms with van der Waals surface area (Å²) in [5.41, 5.74) is 2.54. The second-order valence-electron chi connectivity index (χ2n) is 7.13. The molecule has 0 radical (unpaired) electrons. The number of fused-ring (bicyclic) bond motifs is 1. The first-order chi connectivity index (χ1) is 13.0. The zero-order valence-corrected chi connectivity index (χ0v) is 16.2. The number of aryl methyl sites for hydroxylation is 2. The van der Waals surface area contributed by atoms with Crippen molar-refractivity contribution in [1.29, 1.82) is 0 Å². The summed E-state index contributed by atoms with van der Waals surface area (Å²) in [5.74, 6) is 0.850. The lowest BCUT2D eigenvalue weighted by Crippen LogP contribution is -2.11.